The number of fused-ring (bicyclic) bond motifs is 1. The maximum Gasteiger partial charge on any atom is 0.147 e. The molecule has 0 fully saturated rings. The second-order valence-electron chi connectivity index (χ2n) is 9.72. The van der Waals surface area contributed by atoms with Gasteiger partial charge in [-0.05, 0) is 43.2 Å². The fraction of sp³-hybridized carbons (Fsp3) is 0.346. The zero-order valence-corrected chi connectivity index (χ0v) is 22.4. The fourth-order valence-corrected chi connectivity index (χ4v) is 4.64. The van der Waals surface area contributed by atoms with Crippen LogP contribution in [0.2, 0.25) is 30.8 Å². The molecule has 0 radical (unpaired) electrons. The van der Waals surface area contributed by atoms with E-state index in [1.54, 1.807) is 19.4 Å². The van der Waals surface area contributed by atoms with Crippen LogP contribution in [0.1, 0.15) is 11.1 Å². The molecule has 0 saturated heterocycles. The van der Waals surface area contributed by atoms with E-state index in [0.29, 0.717) is 24.2 Å². The first kappa shape index (κ1) is 24.4. The molecule has 0 unspecified atom stereocenters. The molecule has 0 aliphatic heterocycles. The predicted octanol–water partition coefficient (Wildman–Crippen LogP) is 6.75. The summed E-state index contributed by atoms with van der Waals surface area (Å²) in [6, 6.07) is 13.0. The van der Waals surface area contributed by atoms with Crippen molar-refractivity contribution in [3.63, 3.8) is 0 Å². The number of methoxy groups -OCH3 is 1. The Labute approximate surface area is 206 Å². The van der Waals surface area contributed by atoms with Gasteiger partial charge in [-0.2, -0.15) is 5.10 Å². The second-order valence-corrected chi connectivity index (χ2v) is 15.7. The molecule has 178 valence electrons. The van der Waals surface area contributed by atoms with Gasteiger partial charge in [0.1, 0.15) is 34.5 Å². The molecular formula is C26H31ClN4O2Si. The van der Waals surface area contributed by atoms with Gasteiger partial charge < -0.3 is 9.47 Å². The number of hydrogen-bond acceptors (Lipinski definition) is 5. The summed E-state index contributed by atoms with van der Waals surface area (Å²) in [6.45, 7) is 12.3. The third-order valence-corrected chi connectivity index (χ3v) is 7.91. The number of benzene rings is 1. The number of hydrogen-bond donors (Lipinski definition) is 0. The number of nitrogens with zero attached hydrogens (tertiary/aromatic N) is 4. The molecule has 0 spiro atoms. The highest BCUT2D eigenvalue weighted by molar-refractivity contribution is 6.76. The van der Waals surface area contributed by atoms with Gasteiger partial charge in [-0.15, -0.1) is 0 Å². The first-order valence-corrected chi connectivity index (χ1v) is 15.5. The van der Waals surface area contributed by atoms with Crippen molar-refractivity contribution < 1.29 is 9.47 Å². The normalized spacial score (nSPS) is 11.9. The molecule has 34 heavy (non-hydrogen) atoms. The minimum Gasteiger partial charge on any atom is -0.494 e. The Bertz CT molecular complexity index is 1310. The minimum atomic E-state index is -1.18. The van der Waals surface area contributed by atoms with Crippen LogP contribution in [0.5, 0.6) is 5.75 Å². The number of aryl methyl sites for hydroxylation is 1. The summed E-state index contributed by atoms with van der Waals surface area (Å²) in [7, 11) is 0.494. The third kappa shape index (κ3) is 5.16. The monoisotopic (exact) mass is 494 g/mol. The summed E-state index contributed by atoms with van der Waals surface area (Å²) in [4.78, 5) is 9.34. The maximum atomic E-state index is 6.04. The first-order valence-electron chi connectivity index (χ1n) is 11.4. The Kier molecular flexibility index (Phi) is 7.07. The van der Waals surface area contributed by atoms with E-state index in [0.717, 1.165) is 39.6 Å². The van der Waals surface area contributed by atoms with Gasteiger partial charge in [0, 0.05) is 38.1 Å². The standard InChI is InChI=1S/C26H31ClN4O2Si/c1-17-8-7-9-20(18(17)2)25-22(32-3)14-21-26(29-25)24(19-10-11-23(27)28-15-19)30-31(21)16-33-12-13-34(4,5)6/h7-11,14-15H,12-13,16H2,1-6H3. The van der Waals surface area contributed by atoms with Crippen LogP contribution in [0.15, 0.2) is 42.6 Å². The number of rotatable bonds is 8. The molecule has 0 N–H and O–H groups in total. The van der Waals surface area contributed by atoms with Crippen molar-refractivity contribution >= 4 is 30.7 Å². The van der Waals surface area contributed by atoms with E-state index >= 15 is 0 Å². The van der Waals surface area contributed by atoms with Gasteiger partial charge in [-0.3, -0.25) is 0 Å². The quantitative estimate of drug-likeness (QED) is 0.154. The molecule has 8 heteroatoms. The van der Waals surface area contributed by atoms with Crippen LogP contribution >= 0.6 is 11.6 Å². The van der Waals surface area contributed by atoms with E-state index in [-0.39, 0.29) is 0 Å². The second kappa shape index (κ2) is 9.86. The molecule has 0 aliphatic rings. The Balaban J connectivity index is 1.85. The lowest BCUT2D eigenvalue weighted by molar-refractivity contribution is 0.0818. The molecule has 0 bridgehead atoms. The number of aromatic nitrogens is 4. The van der Waals surface area contributed by atoms with Crippen LogP contribution in [0.3, 0.4) is 0 Å². The van der Waals surface area contributed by atoms with E-state index in [1.807, 2.05) is 22.9 Å². The van der Waals surface area contributed by atoms with Crippen molar-refractivity contribution in [2.24, 2.45) is 0 Å². The zero-order valence-electron chi connectivity index (χ0n) is 20.6. The van der Waals surface area contributed by atoms with E-state index in [2.05, 4.69) is 50.6 Å². The van der Waals surface area contributed by atoms with Crippen molar-refractivity contribution in [1.29, 1.82) is 0 Å². The van der Waals surface area contributed by atoms with Gasteiger partial charge >= 0.3 is 0 Å². The summed E-state index contributed by atoms with van der Waals surface area (Å²) >= 11 is 6.04. The SMILES string of the molecule is COc1cc2c(nc1-c1cccc(C)c1C)c(-c1ccc(Cl)nc1)nn2COCC[Si](C)(C)C. The predicted molar refractivity (Wildman–Crippen MR) is 141 cm³/mol. The molecule has 3 heterocycles. The zero-order chi connectivity index (χ0) is 24.5. The smallest absolute Gasteiger partial charge is 0.147 e. The van der Waals surface area contributed by atoms with Gasteiger partial charge in [0.2, 0.25) is 0 Å². The average Bonchev–Trinajstić information content (AvgIpc) is 3.15. The van der Waals surface area contributed by atoms with Gasteiger partial charge in [-0.25, -0.2) is 14.6 Å². The van der Waals surface area contributed by atoms with E-state index in [4.69, 9.17) is 31.2 Å². The Morgan fingerprint density at radius 1 is 1.06 bits per heavy atom. The third-order valence-electron chi connectivity index (χ3n) is 5.98. The number of pyridine rings is 2. The molecule has 1 aromatic carbocycles. The highest BCUT2D eigenvalue weighted by Gasteiger charge is 2.21. The highest BCUT2D eigenvalue weighted by atomic mass is 35.5. The Morgan fingerprint density at radius 3 is 2.53 bits per heavy atom. The lowest BCUT2D eigenvalue weighted by Gasteiger charge is -2.15. The van der Waals surface area contributed by atoms with Crippen molar-refractivity contribution in [2.45, 2.75) is 46.3 Å². The van der Waals surface area contributed by atoms with Crippen molar-refractivity contribution in [3.05, 3.63) is 58.9 Å². The maximum absolute atomic E-state index is 6.04. The topological polar surface area (TPSA) is 62.1 Å². The van der Waals surface area contributed by atoms with E-state index in [9.17, 15) is 0 Å². The van der Waals surface area contributed by atoms with Crippen LogP contribution in [-0.2, 0) is 11.5 Å². The minimum absolute atomic E-state index is 0.343. The molecule has 0 aliphatic carbocycles. The average molecular weight is 495 g/mol. The van der Waals surface area contributed by atoms with Gasteiger partial charge in [0.15, 0.2) is 0 Å². The molecule has 4 rings (SSSR count). The van der Waals surface area contributed by atoms with Crippen molar-refractivity contribution in [1.82, 2.24) is 19.7 Å². The van der Waals surface area contributed by atoms with Crippen LogP contribution in [0.25, 0.3) is 33.5 Å². The van der Waals surface area contributed by atoms with Crippen molar-refractivity contribution in [2.75, 3.05) is 13.7 Å². The van der Waals surface area contributed by atoms with Crippen LogP contribution in [0, 0.1) is 13.8 Å². The highest BCUT2D eigenvalue weighted by Crippen LogP contribution is 2.37. The van der Waals surface area contributed by atoms with Crippen LogP contribution < -0.4 is 4.74 Å². The molecule has 0 atom stereocenters. The van der Waals surface area contributed by atoms with E-state index in [1.165, 1.54) is 11.1 Å². The number of halogens is 1. The van der Waals surface area contributed by atoms with Gasteiger partial charge in [-0.1, -0.05) is 49.4 Å². The molecule has 4 aromatic rings. The van der Waals surface area contributed by atoms with Crippen molar-refractivity contribution in [3.8, 4) is 28.3 Å². The summed E-state index contributed by atoms with van der Waals surface area (Å²) < 4.78 is 13.7. The Hall–Kier alpha value is -2.74. The Morgan fingerprint density at radius 2 is 1.85 bits per heavy atom. The molecule has 6 nitrogen and oxygen atoms in total. The summed E-state index contributed by atoms with van der Waals surface area (Å²) in [5, 5.41) is 5.31. The lowest BCUT2D eigenvalue weighted by Crippen LogP contribution is -2.22. The fourth-order valence-electron chi connectivity index (χ4n) is 3.77. The van der Waals surface area contributed by atoms with E-state index < -0.39 is 8.07 Å². The molecular weight excluding hydrogens is 464 g/mol. The summed E-state index contributed by atoms with van der Waals surface area (Å²) in [6.07, 6.45) is 1.73. The molecule has 0 amide bonds. The largest absolute Gasteiger partial charge is 0.494 e. The lowest BCUT2D eigenvalue weighted by atomic mass is 9.99. The van der Waals surface area contributed by atoms with Crippen LogP contribution in [0.4, 0.5) is 0 Å². The number of ether oxygens (including phenoxy) is 2. The summed E-state index contributed by atoms with van der Waals surface area (Å²) in [5.41, 5.74) is 7.41. The van der Waals surface area contributed by atoms with Gasteiger partial charge in [0.25, 0.3) is 0 Å². The van der Waals surface area contributed by atoms with Gasteiger partial charge in [0.05, 0.1) is 12.6 Å². The van der Waals surface area contributed by atoms with Crippen LogP contribution in [-0.4, -0.2) is 41.5 Å². The summed E-state index contributed by atoms with van der Waals surface area (Å²) in [5.74, 6) is 0.699. The first-order chi connectivity index (χ1) is 16.2. The molecule has 0 saturated carbocycles. The molecule has 3 aromatic heterocycles.